The minimum atomic E-state index is -1.09. The maximum atomic E-state index is 13.0. The second-order valence-electron chi connectivity index (χ2n) is 7.34. The van der Waals surface area contributed by atoms with Crippen molar-refractivity contribution in [1.29, 1.82) is 5.26 Å². The Hall–Kier alpha value is -4.39. The summed E-state index contributed by atoms with van der Waals surface area (Å²) in [5.74, 6) is -0.757. The number of pyridine rings is 1. The van der Waals surface area contributed by atoms with E-state index in [-0.39, 0.29) is 17.3 Å². The van der Waals surface area contributed by atoms with Crippen molar-refractivity contribution in [3.05, 3.63) is 69.8 Å². The van der Waals surface area contributed by atoms with Crippen molar-refractivity contribution >= 4 is 17.7 Å². The second-order valence-corrected chi connectivity index (χ2v) is 7.34. The van der Waals surface area contributed by atoms with E-state index in [2.05, 4.69) is 25.6 Å². The summed E-state index contributed by atoms with van der Waals surface area (Å²) >= 11 is 0. The zero-order valence-corrected chi connectivity index (χ0v) is 16.8. The zero-order chi connectivity index (χ0) is 22.1. The first-order valence-electron chi connectivity index (χ1n) is 10.0. The first-order chi connectivity index (χ1) is 15.6. The van der Waals surface area contributed by atoms with Crippen molar-refractivity contribution < 1.29 is 14.3 Å². The monoisotopic (exact) mass is 430 g/mol. The van der Waals surface area contributed by atoms with E-state index >= 15 is 0 Å². The smallest absolute Gasteiger partial charge is 0.258 e. The van der Waals surface area contributed by atoms with Crippen LogP contribution in [0.15, 0.2) is 47.4 Å². The fourth-order valence-corrected chi connectivity index (χ4v) is 3.86. The lowest BCUT2D eigenvalue weighted by atomic mass is 9.81. The quantitative estimate of drug-likeness (QED) is 0.568. The Labute approximate surface area is 182 Å². The number of carbonyl (C=O) groups excluding carboxylic acids is 1. The lowest BCUT2D eigenvalue weighted by Gasteiger charge is -2.27. The van der Waals surface area contributed by atoms with Gasteiger partial charge >= 0.3 is 0 Å². The highest BCUT2D eigenvalue weighted by Crippen LogP contribution is 2.37. The van der Waals surface area contributed by atoms with Crippen LogP contribution in [0.4, 0.5) is 11.8 Å². The van der Waals surface area contributed by atoms with Gasteiger partial charge in [0.2, 0.25) is 11.9 Å². The summed E-state index contributed by atoms with van der Waals surface area (Å²) in [6, 6.07) is 12.7. The van der Waals surface area contributed by atoms with Crippen molar-refractivity contribution in [3.63, 3.8) is 0 Å². The van der Waals surface area contributed by atoms with Crippen LogP contribution in [0.5, 0.6) is 11.5 Å². The van der Waals surface area contributed by atoms with Gasteiger partial charge in [0.25, 0.3) is 5.56 Å². The lowest BCUT2D eigenvalue weighted by molar-refractivity contribution is -0.119. The topological polar surface area (TPSA) is 142 Å². The third-order valence-corrected chi connectivity index (χ3v) is 5.34. The number of carbonyl (C=O) groups is 1. The molecule has 3 N–H and O–H groups in total. The van der Waals surface area contributed by atoms with Crippen LogP contribution in [0.1, 0.15) is 22.7 Å². The molecule has 160 valence electrons. The summed E-state index contributed by atoms with van der Waals surface area (Å²) < 4.78 is 11.1. The Kier molecular flexibility index (Phi) is 4.91. The molecule has 1 aromatic carbocycles. The molecule has 32 heavy (non-hydrogen) atoms. The van der Waals surface area contributed by atoms with Crippen molar-refractivity contribution in [2.24, 2.45) is 5.92 Å². The number of ether oxygens (including phenoxy) is 2. The van der Waals surface area contributed by atoms with Crippen LogP contribution in [0.3, 0.4) is 0 Å². The minimum Gasteiger partial charge on any atom is -0.486 e. The van der Waals surface area contributed by atoms with Crippen molar-refractivity contribution in [1.82, 2.24) is 15.0 Å². The number of hydrogen-bond donors (Lipinski definition) is 3. The number of nitrogens with one attached hydrogen (secondary N) is 3. The van der Waals surface area contributed by atoms with Crippen LogP contribution >= 0.6 is 0 Å². The van der Waals surface area contributed by atoms with Gasteiger partial charge in [0, 0.05) is 12.7 Å². The molecule has 4 heterocycles. The maximum Gasteiger partial charge on any atom is 0.258 e. The van der Waals surface area contributed by atoms with Crippen molar-refractivity contribution in [3.8, 4) is 17.6 Å². The molecule has 2 atom stereocenters. The van der Waals surface area contributed by atoms with Gasteiger partial charge in [0.15, 0.2) is 11.5 Å². The van der Waals surface area contributed by atoms with E-state index in [0.29, 0.717) is 37.0 Å². The maximum absolute atomic E-state index is 13.0. The summed E-state index contributed by atoms with van der Waals surface area (Å²) in [7, 11) is 0. The fraction of sp³-hybridized carbons (Fsp3) is 0.227. The molecule has 0 saturated carbocycles. The molecule has 10 heteroatoms. The Morgan fingerprint density at radius 2 is 2.00 bits per heavy atom. The molecule has 1 amide bonds. The van der Waals surface area contributed by atoms with E-state index in [1.165, 1.54) is 0 Å². The Morgan fingerprint density at radius 1 is 1.16 bits per heavy atom. The number of hydrogen-bond acceptors (Lipinski definition) is 8. The molecule has 0 spiro atoms. The molecule has 0 saturated heterocycles. The van der Waals surface area contributed by atoms with Crippen LogP contribution in [0.25, 0.3) is 0 Å². The van der Waals surface area contributed by atoms with Gasteiger partial charge in [0.05, 0.1) is 23.2 Å². The van der Waals surface area contributed by atoms with Crippen molar-refractivity contribution in [2.45, 2.75) is 12.5 Å². The van der Waals surface area contributed by atoms with E-state index in [0.717, 1.165) is 5.56 Å². The number of anilines is 2. The van der Waals surface area contributed by atoms with Gasteiger partial charge in [-0.1, -0.05) is 12.1 Å². The normalized spacial score (nSPS) is 18.8. The Balaban J connectivity index is 1.45. The molecule has 2 unspecified atom stereocenters. The number of nitriles is 1. The number of amides is 1. The molecule has 0 aliphatic carbocycles. The Bertz CT molecular complexity index is 1280. The lowest BCUT2D eigenvalue weighted by Crippen LogP contribution is -2.38. The van der Waals surface area contributed by atoms with Crippen LogP contribution in [-0.4, -0.2) is 34.1 Å². The molecule has 5 rings (SSSR count). The highest BCUT2D eigenvalue weighted by molar-refractivity contribution is 5.97. The molecular weight excluding hydrogens is 412 g/mol. The second kappa shape index (κ2) is 8.03. The number of H-pyrrole nitrogens is 1. The summed E-state index contributed by atoms with van der Waals surface area (Å²) in [6.45, 7) is 1.37. The number of aromatic nitrogens is 3. The van der Waals surface area contributed by atoms with Gasteiger partial charge in [-0.2, -0.15) is 10.2 Å². The standard InChI is InChI=1S/C22H18N6O4/c23-10-13-17(14-3-1-2-6-24-14)18-19(26-20(13)29)27-22(28-21(18)30)25-11-12-4-5-15-16(9-12)32-8-7-31-15/h1-6,9,13,17H,7-8,11H2,(H3,25,26,27,28,29,30). The summed E-state index contributed by atoms with van der Waals surface area (Å²) in [4.78, 5) is 36.9. The van der Waals surface area contributed by atoms with E-state index in [1.807, 2.05) is 24.3 Å². The third-order valence-electron chi connectivity index (χ3n) is 5.34. The van der Waals surface area contributed by atoms with Gasteiger partial charge in [-0.05, 0) is 29.8 Å². The molecule has 2 aliphatic heterocycles. The summed E-state index contributed by atoms with van der Waals surface area (Å²) in [5.41, 5.74) is 1.12. The van der Waals surface area contributed by atoms with Crippen LogP contribution in [0.2, 0.25) is 0 Å². The van der Waals surface area contributed by atoms with Gasteiger partial charge in [-0.15, -0.1) is 0 Å². The Morgan fingerprint density at radius 3 is 2.78 bits per heavy atom. The largest absolute Gasteiger partial charge is 0.486 e. The van der Waals surface area contributed by atoms with Gasteiger partial charge in [0.1, 0.15) is 24.9 Å². The average Bonchev–Trinajstić information content (AvgIpc) is 2.82. The van der Waals surface area contributed by atoms with E-state index in [1.54, 1.807) is 24.4 Å². The zero-order valence-electron chi connectivity index (χ0n) is 16.8. The minimum absolute atomic E-state index is 0.116. The van der Waals surface area contributed by atoms with Gasteiger partial charge < -0.3 is 20.1 Å². The highest BCUT2D eigenvalue weighted by atomic mass is 16.6. The number of nitrogens with zero attached hydrogens (tertiary/aromatic N) is 3. The molecule has 2 aliphatic rings. The van der Waals surface area contributed by atoms with Crippen LogP contribution in [-0.2, 0) is 11.3 Å². The molecule has 3 aromatic rings. The van der Waals surface area contributed by atoms with Crippen molar-refractivity contribution in [2.75, 3.05) is 23.8 Å². The third kappa shape index (κ3) is 3.50. The number of rotatable bonds is 4. The molecule has 2 aromatic heterocycles. The molecule has 10 nitrogen and oxygen atoms in total. The van der Waals surface area contributed by atoms with Gasteiger partial charge in [-0.3, -0.25) is 19.6 Å². The van der Waals surface area contributed by atoms with Gasteiger partial charge in [-0.25, -0.2) is 0 Å². The predicted octanol–water partition coefficient (Wildman–Crippen LogP) is 1.77. The average molecular weight is 430 g/mol. The van der Waals surface area contributed by atoms with E-state index in [9.17, 15) is 14.9 Å². The molecule has 0 fully saturated rings. The fourth-order valence-electron chi connectivity index (χ4n) is 3.86. The number of aromatic amines is 1. The van der Waals surface area contributed by atoms with Crippen LogP contribution < -0.4 is 25.7 Å². The summed E-state index contributed by atoms with van der Waals surface area (Å²) in [5, 5.41) is 15.2. The molecule has 0 radical (unpaired) electrons. The number of fused-ring (bicyclic) bond motifs is 2. The number of benzene rings is 1. The van der Waals surface area contributed by atoms with E-state index in [4.69, 9.17) is 9.47 Å². The first-order valence-corrected chi connectivity index (χ1v) is 10.0. The molecular formula is C22H18N6O4. The SMILES string of the molecule is N#CC1C(=O)Nc2nc(NCc3ccc4c(c3)OCCO4)[nH]c(=O)c2C1c1ccccn1. The summed E-state index contributed by atoms with van der Waals surface area (Å²) in [6.07, 6.45) is 1.56. The van der Waals surface area contributed by atoms with Crippen LogP contribution in [0, 0.1) is 17.2 Å². The van der Waals surface area contributed by atoms with E-state index < -0.39 is 23.3 Å². The predicted molar refractivity (Wildman–Crippen MR) is 113 cm³/mol. The first kappa shape index (κ1) is 19.6. The highest BCUT2D eigenvalue weighted by Gasteiger charge is 2.40. The molecule has 0 bridgehead atoms.